The number of aromatic hydroxyl groups is 1. The van der Waals surface area contributed by atoms with E-state index in [1.54, 1.807) is 21.3 Å². The molecule has 8 rings (SSSR count). The predicted octanol–water partition coefficient (Wildman–Crippen LogP) is 2.55. The number of phenols is 1. The van der Waals surface area contributed by atoms with Crippen LogP contribution >= 0.6 is 0 Å². The molecule has 6 aliphatic rings. The van der Waals surface area contributed by atoms with E-state index in [0.29, 0.717) is 60.1 Å². The van der Waals surface area contributed by atoms with Gasteiger partial charge in [0.15, 0.2) is 18.2 Å². The highest BCUT2D eigenvalue weighted by Crippen LogP contribution is 2.72. The van der Waals surface area contributed by atoms with Gasteiger partial charge in [-0.1, -0.05) is 0 Å². The summed E-state index contributed by atoms with van der Waals surface area (Å²) in [5.41, 5.74) is 7.53. The lowest BCUT2D eigenvalue weighted by molar-refractivity contribution is -0.330. The number of carbonyl (C=O) groups is 1. The maximum atomic E-state index is 13.1. The van der Waals surface area contributed by atoms with Crippen LogP contribution in [0.2, 0.25) is 0 Å². The summed E-state index contributed by atoms with van der Waals surface area (Å²) in [5, 5.41) is 12.7. The Hall–Kier alpha value is -2.55. The number of rotatable bonds is 6. The average Bonchev–Trinajstić information content (AvgIpc) is 3.64. The number of aryl methyl sites for hydroxylation is 1. The molecule has 7 unspecified atom stereocenters. The average molecular weight is 600 g/mol. The molecular weight excluding hydrogens is 562 g/mol. The number of ketones is 1. The molecule has 2 aromatic carbocycles. The van der Waals surface area contributed by atoms with Crippen molar-refractivity contribution in [2.75, 3.05) is 34.5 Å². The van der Waals surface area contributed by atoms with Gasteiger partial charge in [0.05, 0.1) is 43.4 Å². The lowest BCUT2D eigenvalue weighted by Crippen LogP contribution is -2.69. The van der Waals surface area contributed by atoms with Crippen LogP contribution in [0.5, 0.6) is 17.2 Å². The lowest BCUT2D eigenvalue weighted by Gasteiger charge is -2.49. The molecule has 4 saturated heterocycles. The van der Waals surface area contributed by atoms with Crippen LogP contribution in [0, 0.1) is 6.92 Å². The van der Waals surface area contributed by atoms with Crippen molar-refractivity contribution in [3.05, 3.63) is 28.3 Å². The van der Waals surface area contributed by atoms with Crippen LogP contribution in [-0.4, -0.2) is 93.3 Å². The minimum Gasteiger partial charge on any atom is -0.506 e. The van der Waals surface area contributed by atoms with E-state index in [1.165, 1.54) is 0 Å². The normalized spacial score (nSPS) is 39.5. The first-order valence-electron chi connectivity index (χ1n) is 14.9. The van der Waals surface area contributed by atoms with Gasteiger partial charge in [-0.15, -0.1) is 0 Å². The van der Waals surface area contributed by atoms with Crippen molar-refractivity contribution in [1.82, 2.24) is 0 Å². The number of fused-ring (bicyclic) bond motifs is 8. The quantitative estimate of drug-likeness (QED) is 0.470. The van der Waals surface area contributed by atoms with E-state index in [1.807, 2.05) is 19.9 Å². The molecule has 9 atom stereocenters. The fourth-order valence-electron chi connectivity index (χ4n) is 8.27. The van der Waals surface area contributed by atoms with E-state index in [9.17, 15) is 9.90 Å². The summed E-state index contributed by atoms with van der Waals surface area (Å²) < 4.78 is 56.6. The van der Waals surface area contributed by atoms with Crippen molar-refractivity contribution >= 4 is 16.6 Å². The van der Waals surface area contributed by atoms with Gasteiger partial charge in [0, 0.05) is 43.6 Å². The molecule has 12 heteroatoms. The standard InChI is InChI=1S/C31H37NO11/c1-13-9-16-23(24(34)22-15(25(16)36-4)7-6-8-18(22)33)26-21(13)27-28-31(37-5,41-26)29(12-39-29)30(42-27,43-28)14(2)40-20-10-19(35-3)17(32)11-38-20/h9,14,17,19-20,27-28,34H,6-8,10-12,32H2,1-5H3/t14?,17?,19?,20?,27?,28?,29-,30?,31-/m1/s1. The summed E-state index contributed by atoms with van der Waals surface area (Å²) in [6.45, 7) is 4.34. The van der Waals surface area contributed by atoms with Crippen molar-refractivity contribution in [3.8, 4) is 17.2 Å². The minimum atomic E-state index is -1.42. The first-order valence-corrected chi connectivity index (χ1v) is 14.9. The Labute approximate surface area is 248 Å². The zero-order valence-corrected chi connectivity index (χ0v) is 24.9. The van der Waals surface area contributed by atoms with Gasteiger partial charge < -0.3 is 53.5 Å². The molecule has 1 aliphatic carbocycles. The number of carbonyl (C=O) groups excluding carboxylic acids is 1. The third kappa shape index (κ3) is 3.30. The van der Waals surface area contributed by atoms with Crippen molar-refractivity contribution < 1.29 is 52.5 Å². The second-order valence-corrected chi connectivity index (χ2v) is 12.4. The molecule has 43 heavy (non-hydrogen) atoms. The van der Waals surface area contributed by atoms with Crippen LogP contribution in [0.25, 0.3) is 10.8 Å². The molecule has 232 valence electrons. The molecule has 2 aromatic rings. The van der Waals surface area contributed by atoms with Gasteiger partial charge in [0.1, 0.15) is 29.5 Å². The number of hydrogen-bond acceptors (Lipinski definition) is 12. The highest BCUT2D eigenvalue weighted by atomic mass is 16.9. The Morgan fingerprint density at radius 1 is 1.19 bits per heavy atom. The highest BCUT2D eigenvalue weighted by Gasteiger charge is 2.92. The molecule has 2 bridgehead atoms. The molecule has 1 spiro atoms. The zero-order chi connectivity index (χ0) is 30.1. The van der Waals surface area contributed by atoms with Gasteiger partial charge in [-0.3, -0.25) is 4.79 Å². The van der Waals surface area contributed by atoms with E-state index in [2.05, 4.69) is 0 Å². The molecular formula is C31H37NO11. The summed E-state index contributed by atoms with van der Waals surface area (Å²) in [6.07, 6.45) is -0.688. The third-order valence-electron chi connectivity index (χ3n) is 10.4. The number of methoxy groups -OCH3 is 3. The predicted molar refractivity (Wildman–Crippen MR) is 148 cm³/mol. The van der Waals surface area contributed by atoms with Crippen molar-refractivity contribution in [1.29, 1.82) is 0 Å². The molecule has 0 radical (unpaired) electrons. The Bertz CT molecular complexity index is 1540. The van der Waals surface area contributed by atoms with Crippen LogP contribution < -0.4 is 15.2 Å². The molecule has 0 aromatic heterocycles. The number of nitrogens with two attached hydrogens (primary N) is 1. The maximum Gasteiger partial charge on any atom is 0.276 e. The van der Waals surface area contributed by atoms with E-state index in [-0.39, 0.29) is 35.8 Å². The van der Waals surface area contributed by atoms with Crippen LogP contribution in [-0.2, 0) is 39.6 Å². The number of hydrogen-bond donors (Lipinski definition) is 2. The minimum absolute atomic E-state index is 0.122. The topological polar surface area (TPSA) is 150 Å². The van der Waals surface area contributed by atoms with Crippen LogP contribution in [0.15, 0.2) is 6.07 Å². The molecule has 0 saturated carbocycles. The lowest BCUT2D eigenvalue weighted by atomic mass is 9.77. The van der Waals surface area contributed by atoms with E-state index >= 15 is 0 Å². The summed E-state index contributed by atoms with van der Waals surface area (Å²) in [7, 11) is 4.75. The number of phenolic OH excluding ortho intramolecular Hbond substituents is 1. The second-order valence-electron chi connectivity index (χ2n) is 12.4. The van der Waals surface area contributed by atoms with E-state index in [4.69, 9.17) is 48.4 Å². The van der Waals surface area contributed by atoms with Crippen LogP contribution in [0.4, 0.5) is 0 Å². The summed E-state index contributed by atoms with van der Waals surface area (Å²) >= 11 is 0. The van der Waals surface area contributed by atoms with E-state index in [0.717, 1.165) is 11.1 Å². The fraction of sp³-hybridized carbons (Fsp3) is 0.645. The molecule has 5 heterocycles. The third-order valence-corrected chi connectivity index (χ3v) is 10.4. The first-order chi connectivity index (χ1) is 20.7. The number of benzene rings is 2. The van der Waals surface area contributed by atoms with Crippen molar-refractivity contribution in [3.63, 3.8) is 0 Å². The van der Waals surface area contributed by atoms with Crippen LogP contribution in [0.3, 0.4) is 0 Å². The van der Waals surface area contributed by atoms with Crippen LogP contribution in [0.1, 0.15) is 59.3 Å². The van der Waals surface area contributed by atoms with Gasteiger partial charge >= 0.3 is 0 Å². The molecule has 0 amide bonds. The molecule has 5 aliphatic heterocycles. The van der Waals surface area contributed by atoms with Gasteiger partial charge in [0.2, 0.25) is 11.4 Å². The Balaban J connectivity index is 1.26. The SMILES string of the molecule is COc1c2c(c(O)c3c4c(c(C)cc13)C1OC3(C(C)OC5CC(OC)C(N)CO5)OC1[C@@](OC)(O4)[C@@]31CO1)C(=O)CCC2. The Morgan fingerprint density at radius 3 is 2.67 bits per heavy atom. The number of ether oxygens (including phenoxy) is 9. The van der Waals surface area contributed by atoms with Crippen molar-refractivity contribution in [2.24, 2.45) is 5.73 Å². The molecule has 4 fully saturated rings. The summed E-state index contributed by atoms with van der Waals surface area (Å²) in [6, 6.07) is 1.70. The highest BCUT2D eigenvalue weighted by molar-refractivity contribution is 6.11. The van der Waals surface area contributed by atoms with Gasteiger partial charge in [-0.05, 0) is 38.3 Å². The molecule has 3 N–H and O–H groups in total. The Kier molecular flexibility index (Phi) is 6.01. The smallest absolute Gasteiger partial charge is 0.276 e. The largest absolute Gasteiger partial charge is 0.506 e. The fourth-order valence-corrected chi connectivity index (χ4v) is 8.27. The van der Waals surface area contributed by atoms with Gasteiger partial charge in [-0.2, -0.15) is 0 Å². The monoisotopic (exact) mass is 599 g/mol. The van der Waals surface area contributed by atoms with E-state index < -0.39 is 41.8 Å². The zero-order valence-electron chi connectivity index (χ0n) is 24.9. The summed E-state index contributed by atoms with van der Waals surface area (Å²) in [5.74, 6) is -2.12. The molecule has 12 nitrogen and oxygen atoms in total. The van der Waals surface area contributed by atoms with Gasteiger partial charge in [-0.25, -0.2) is 0 Å². The summed E-state index contributed by atoms with van der Waals surface area (Å²) in [4.78, 5) is 13.1. The first kappa shape index (κ1) is 28.0. The second kappa shape index (κ2) is 9.24. The number of epoxide rings is 1. The Morgan fingerprint density at radius 2 is 1.98 bits per heavy atom. The number of Topliss-reactive ketones (excluding diaryl/α,β-unsaturated/α-hetero) is 1. The van der Waals surface area contributed by atoms with Gasteiger partial charge in [0.25, 0.3) is 5.79 Å². The van der Waals surface area contributed by atoms with Crippen molar-refractivity contribution in [2.45, 2.75) is 93.5 Å². The maximum absolute atomic E-state index is 13.1.